The summed E-state index contributed by atoms with van der Waals surface area (Å²) in [5.41, 5.74) is 2.48. The van der Waals surface area contributed by atoms with Crippen LogP contribution < -0.4 is 0 Å². The number of aryl methyl sites for hydroxylation is 1. The molecule has 1 aliphatic heterocycles. The number of benzene rings is 3. The molecule has 0 saturated carbocycles. The van der Waals surface area contributed by atoms with Crippen LogP contribution in [0.25, 0.3) is 22.2 Å². The molecule has 7 heteroatoms. The van der Waals surface area contributed by atoms with Crippen LogP contribution in [0.1, 0.15) is 21.8 Å². The van der Waals surface area contributed by atoms with Crippen molar-refractivity contribution in [2.24, 2.45) is 0 Å². The molecule has 3 aromatic carbocycles. The molecule has 1 aromatic heterocycles. The highest BCUT2D eigenvalue weighted by Crippen LogP contribution is 2.20. The first-order chi connectivity index (χ1) is 15.6. The lowest BCUT2D eigenvalue weighted by Crippen LogP contribution is -2.51. The highest BCUT2D eigenvalue weighted by atomic mass is 16.5. The van der Waals surface area contributed by atoms with Crippen LogP contribution in [-0.4, -0.2) is 51.4 Å². The van der Waals surface area contributed by atoms with E-state index in [1.165, 1.54) is 0 Å². The molecular formula is C25H22N4O3. The first-order valence-electron chi connectivity index (χ1n) is 10.5. The smallest absolute Gasteiger partial charge is 0.254 e. The Hall–Kier alpha value is -4.00. The minimum absolute atomic E-state index is 0.0525. The monoisotopic (exact) mass is 426 g/mol. The Morgan fingerprint density at radius 1 is 1.00 bits per heavy atom. The van der Waals surface area contributed by atoms with Crippen LogP contribution in [0.2, 0.25) is 0 Å². The Kier molecular flexibility index (Phi) is 5.15. The third-order valence-electron chi connectivity index (χ3n) is 5.72. The molecule has 1 aliphatic rings. The maximum Gasteiger partial charge on any atom is 0.254 e. The molecule has 1 saturated heterocycles. The van der Waals surface area contributed by atoms with Crippen LogP contribution in [0.15, 0.2) is 71.3 Å². The minimum atomic E-state index is -0.108. The van der Waals surface area contributed by atoms with E-state index >= 15 is 0 Å². The number of nitrogens with zero attached hydrogens (tertiary/aromatic N) is 4. The number of carbonyl (C=O) groups excluding carboxylic acids is 2. The number of piperazine rings is 1. The molecular weight excluding hydrogens is 404 g/mol. The molecule has 0 N–H and O–H groups in total. The van der Waals surface area contributed by atoms with Gasteiger partial charge in [0.15, 0.2) is 0 Å². The molecule has 7 nitrogen and oxygen atoms in total. The summed E-state index contributed by atoms with van der Waals surface area (Å²) in [5.74, 6) is 0.906. The number of fused-ring (bicyclic) bond motifs is 1. The van der Waals surface area contributed by atoms with Gasteiger partial charge in [-0.15, -0.1) is 0 Å². The van der Waals surface area contributed by atoms with Crippen LogP contribution in [0.4, 0.5) is 0 Å². The zero-order chi connectivity index (χ0) is 22.1. The molecule has 5 rings (SSSR count). The van der Waals surface area contributed by atoms with Gasteiger partial charge in [0, 0.05) is 37.7 Å². The third kappa shape index (κ3) is 3.97. The normalized spacial score (nSPS) is 14.2. The summed E-state index contributed by atoms with van der Waals surface area (Å²) < 4.78 is 5.02. The molecule has 0 bridgehead atoms. The largest absolute Gasteiger partial charge is 0.339 e. The summed E-state index contributed by atoms with van der Waals surface area (Å²) in [5, 5.41) is 6.03. The van der Waals surface area contributed by atoms with E-state index in [1.807, 2.05) is 66.7 Å². The molecule has 1 fully saturated rings. The average Bonchev–Trinajstić information content (AvgIpc) is 3.26. The average molecular weight is 426 g/mol. The number of hydrogen-bond acceptors (Lipinski definition) is 5. The fourth-order valence-electron chi connectivity index (χ4n) is 3.95. The van der Waals surface area contributed by atoms with Crippen molar-refractivity contribution >= 4 is 22.6 Å². The zero-order valence-electron chi connectivity index (χ0n) is 17.7. The second-order valence-corrected chi connectivity index (χ2v) is 7.94. The van der Waals surface area contributed by atoms with Gasteiger partial charge in [0.25, 0.3) is 5.91 Å². The summed E-state index contributed by atoms with van der Waals surface area (Å²) >= 11 is 0. The van der Waals surface area contributed by atoms with E-state index in [0.717, 1.165) is 21.9 Å². The number of hydrogen-bond donors (Lipinski definition) is 0. The Balaban J connectivity index is 1.23. The topological polar surface area (TPSA) is 79.5 Å². The molecule has 2 amide bonds. The molecule has 0 atom stereocenters. The molecule has 4 aromatic rings. The lowest BCUT2D eigenvalue weighted by molar-refractivity contribution is -0.135. The Labute approximate surface area is 185 Å². The van der Waals surface area contributed by atoms with Crippen LogP contribution in [0, 0.1) is 6.92 Å². The first-order valence-corrected chi connectivity index (χ1v) is 10.5. The number of aromatic nitrogens is 2. The van der Waals surface area contributed by atoms with Gasteiger partial charge in [-0.25, -0.2) is 0 Å². The number of amides is 2. The fourth-order valence-corrected chi connectivity index (χ4v) is 3.95. The maximum absolute atomic E-state index is 13.0. The van der Waals surface area contributed by atoms with Crippen LogP contribution in [-0.2, 0) is 11.3 Å². The SMILES string of the molecule is Cc1nc(-c2ccc(CN3CCN(C(=O)c4ccc5ccccc5c4)CC3=O)cc2)no1. The summed E-state index contributed by atoms with van der Waals surface area (Å²) in [7, 11) is 0. The lowest BCUT2D eigenvalue weighted by atomic mass is 10.1. The molecule has 0 aliphatic carbocycles. The van der Waals surface area contributed by atoms with Crippen molar-refractivity contribution in [2.75, 3.05) is 19.6 Å². The molecule has 32 heavy (non-hydrogen) atoms. The molecule has 0 radical (unpaired) electrons. The van der Waals surface area contributed by atoms with E-state index < -0.39 is 0 Å². The van der Waals surface area contributed by atoms with Crippen LogP contribution in [0.5, 0.6) is 0 Å². The van der Waals surface area contributed by atoms with Crippen molar-refractivity contribution in [3.8, 4) is 11.4 Å². The van der Waals surface area contributed by atoms with Crippen molar-refractivity contribution in [1.82, 2.24) is 19.9 Å². The van der Waals surface area contributed by atoms with Gasteiger partial charge in [-0.1, -0.05) is 59.8 Å². The summed E-state index contributed by atoms with van der Waals surface area (Å²) in [4.78, 5) is 33.4. The van der Waals surface area contributed by atoms with Gasteiger partial charge < -0.3 is 14.3 Å². The predicted octanol–water partition coefficient (Wildman–Crippen LogP) is 3.68. The lowest BCUT2D eigenvalue weighted by Gasteiger charge is -2.34. The predicted molar refractivity (Wildman–Crippen MR) is 120 cm³/mol. The molecule has 0 unspecified atom stereocenters. The van der Waals surface area contributed by atoms with Gasteiger partial charge in [0.1, 0.15) is 6.54 Å². The van der Waals surface area contributed by atoms with Gasteiger partial charge in [0.2, 0.25) is 17.6 Å². The molecule has 2 heterocycles. The first kappa shape index (κ1) is 19.9. The zero-order valence-corrected chi connectivity index (χ0v) is 17.7. The van der Waals surface area contributed by atoms with Crippen molar-refractivity contribution in [3.63, 3.8) is 0 Å². The van der Waals surface area contributed by atoms with E-state index in [-0.39, 0.29) is 18.4 Å². The Morgan fingerprint density at radius 2 is 1.78 bits per heavy atom. The second-order valence-electron chi connectivity index (χ2n) is 7.94. The summed E-state index contributed by atoms with van der Waals surface area (Å²) in [6.45, 7) is 3.36. The Morgan fingerprint density at radius 3 is 2.50 bits per heavy atom. The quantitative estimate of drug-likeness (QED) is 0.497. The maximum atomic E-state index is 13.0. The standard InChI is InChI=1S/C25H22N4O3/c1-17-26-24(27-32-17)20-8-6-18(7-9-20)15-28-12-13-29(16-23(28)30)25(31)22-11-10-19-4-2-3-5-21(19)14-22/h2-11,14H,12-13,15-16H2,1H3. The van der Waals surface area contributed by atoms with Crippen LogP contribution in [0.3, 0.4) is 0 Å². The second kappa shape index (κ2) is 8.26. The summed E-state index contributed by atoms with van der Waals surface area (Å²) in [6.07, 6.45) is 0. The van der Waals surface area contributed by atoms with Gasteiger partial charge in [-0.05, 0) is 28.5 Å². The van der Waals surface area contributed by atoms with E-state index in [4.69, 9.17) is 4.52 Å². The van der Waals surface area contributed by atoms with Crippen molar-refractivity contribution in [1.29, 1.82) is 0 Å². The van der Waals surface area contributed by atoms with Gasteiger partial charge >= 0.3 is 0 Å². The number of carbonyl (C=O) groups is 2. The number of rotatable bonds is 4. The van der Waals surface area contributed by atoms with Gasteiger partial charge in [-0.3, -0.25) is 9.59 Å². The highest BCUT2D eigenvalue weighted by Gasteiger charge is 2.27. The van der Waals surface area contributed by atoms with E-state index in [9.17, 15) is 9.59 Å². The molecule has 0 spiro atoms. The van der Waals surface area contributed by atoms with Crippen molar-refractivity contribution in [3.05, 3.63) is 83.7 Å². The molecule has 160 valence electrons. The van der Waals surface area contributed by atoms with Crippen molar-refractivity contribution in [2.45, 2.75) is 13.5 Å². The Bertz CT molecular complexity index is 1300. The van der Waals surface area contributed by atoms with E-state index in [0.29, 0.717) is 36.9 Å². The van der Waals surface area contributed by atoms with Gasteiger partial charge in [0.05, 0.1) is 0 Å². The van der Waals surface area contributed by atoms with Gasteiger partial charge in [-0.2, -0.15) is 4.98 Å². The third-order valence-corrected chi connectivity index (χ3v) is 5.72. The van der Waals surface area contributed by atoms with Crippen molar-refractivity contribution < 1.29 is 14.1 Å². The van der Waals surface area contributed by atoms with E-state index in [2.05, 4.69) is 10.1 Å². The summed E-state index contributed by atoms with van der Waals surface area (Å²) in [6, 6.07) is 21.4. The minimum Gasteiger partial charge on any atom is -0.339 e. The van der Waals surface area contributed by atoms with Crippen LogP contribution >= 0.6 is 0 Å². The fraction of sp³-hybridized carbons (Fsp3) is 0.200. The highest BCUT2D eigenvalue weighted by molar-refractivity contribution is 6.00. The van der Waals surface area contributed by atoms with E-state index in [1.54, 1.807) is 16.7 Å².